The van der Waals surface area contributed by atoms with Gasteiger partial charge in [0.25, 0.3) is 5.91 Å². The molecule has 0 spiro atoms. The van der Waals surface area contributed by atoms with E-state index in [1.807, 2.05) is 0 Å². The predicted octanol–water partition coefficient (Wildman–Crippen LogP) is -0.182. The Balaban J connectivity index is 2.09. The van der Waals surface area contributed by atoms with E-state index in [1.165, 1.54) is 23.7 Å². The Hall–Kier alpha value is -2.18. The fraction of sp³-hybridized carbons (Fsp3) is 0.412. The van der Waals surface area contributed by atoms with Crippen LogP contribution in [0.25, 0.3) is 11.4 Å². The molecular weight excluding hydrogens is 420 g/mol. The van der Waals surface area contributed by atoms with Crippen molar-refractivity contribution in [3.05, 3.63) is 40.9 Å². The molecular formula is C17H21ClN6O4S. The number of amides is 1. The molecule has 10 nitrogen and oxygen atoms in total. The van der Waals surface area contributed by atoms with E-state index in [0.717, 1.165) is 6.26 Å². The van der Waals surface area contributed by atoms with E-state index >= 15 is 0 Å². The number of carbonyl (C=O) groups excluding carboxylic acids is 1. The van der Waals surface area contributed by atoms with Gasteiger partial charge in [0.05, 0.1) is 36.3 Å². The van der Waals surface area contributed by atoms with E-state index in [1.54, 1.807) is 12.1 Å². The monoisotopic (exact) mass is 440 g/mol. The largest absolute Gasteiger partial charge is 0.395 e. The summed E-state index contributed by atoms with van der Waals surface area (Å²) in [5.41, 5.74) is 1.43. The number of nitrogens with zero attached hydrogens (tertiary/aromatic N) is 4. The van der Waals surface area contributed by atoms with E-state index < -0.39 is 22.1 Å². The minimum atomic E-state index is -3.54. The fourth-order valence-electron chi connectivity index (χ4n) is 3.31. The molecule has 0 radical (unpaired) electrons. The lowest BCUT2D eigenvalue weighted by molar-refractivity contribution is 0.0958. The van der Waals surface area contributed by atoms with E-state index in [2.05, 4.69) is 25.6 Å². The first kappa shape index (κ1) is 21.5. The molecule has 3 rings (SSSR count). The third-order valence-electron chi connectivity index (χ3n) is 4.60. The summed E-state index contributed by atoms with van der Waals surface area (Å²) in [5.74, 6) is -0.379. The Labute approximate surface area is 173 Å². The summed E-state index contributed by atoms with van der Waals surface area (Å²) in [5, 5.41) is 15.5. The number of rotatable bonds is 5. The minimum absolute atomic E-state index is 0.133. The number of piperazine rings is 1. The number of aliphatic hydroxyl groups is 1. The number of hydrogen-bond donors (Lipinski definition) is 3. The van der Waals surface area contributed by atoms with Crippen molar-refractivity contribution in [2.45, 2.75) is 12.1 Å². The van der Waals surface area contributed by atoms with Crippen molar-refractivity contribution in [1.82, 2.24) is 29.9 Å². The molecule has 0 saturated carbocycles. The maximum atomic E-state index is 12.3. The molecule has 0 aliphatic carbocycles. The second-order valence-electron chi connectivity index (χ2n) is 6.54. The van der Waals surface area contributed by atoms with Gasteiger partial charge >= 0.3 is 0 Å². The van der Waals surface area contributed by atoms with Gasteiger partial charge in [-0.15, -0.1) is 0 Å². The Morgan fingerprint density at radius 1 is 1.34 bits per heavy atom. The number of aliphatic hydroxyl groups excluding tert-OH is 1. The summed E-state index contributed by atoms with van der Waals surface area (Å²) < 4.78 is 26.0. The topological polar surface area (TPSA) is 137 Å². The highest BCUT2D eigenvalue weighted by Crippen LogP contribution is 2.32. The molecule has 1 amide bonds. The van der Waals surface area contributed by atoms with Crippen LogP contribution in [-0.2, 0) is 10.0 Å². The van der Waals surface area contributed by atoms with Gasteiger partial charge in [-0.2, -0.15) is 4.31 Å². The van der Waals surface area contributed by atoms with Crippen LogP contribution in [0.2, 0.25) is 5.15 Å². The summed E-state index contributed by atoms with van der Waals surface area (Å²) >= 11 is 6.22. The van der Waals surface area contributed by atoms with Crippen molar-refractivity contribution in [1.29, 1.82) is 0 Å². The van der Waals surface area contributed by atoms with Crippen LogP contribution in [0.3, 0.4) is 0 Å². The van der Waals surface area contributed by atoms with Gasteiger partial charge in [0.15, 0.2) is 0 Å². The third kappa shape index (κ3) is 4.70. The van der Waals surface area contributed by atoms with Crippen molar-refractivity contribution in [3.63, 3.8) is 0 Å². The van der Waals surface area contributed by atoms with Crippen LogP contribution in [0.4, 0.5) is 0 Å². The first-order chi connectivity index (χ1) is 13.7. The molecule has 156 valence electrons. The Kier molecular flexibility index (Phi) is 6.44. The SMILES string of the molecule is CNC(=O)c1cc(-c2cc([C@@H]3[C@@H](CO)NCCN3S(C)(=O)=O)cc(Cl)n2)ncn1. The Morgan fingerprint density at radius 2 is 2.10 bits per heavy atom. The van der Waals surface area contributed by atoms with Crippen molar-refractivity contribution in [2.75, 3.05) is 33.0 Å². The highest BCUT2D eigenvalue weighted by atomic mass is 35.5. The molecule has 0 unspecified atom stereocenters. The number of sulfonamides is 1. The first-order valence-electron chi connectivity index (χ1n) is 8.77. The maximum Gasteiger partial charge on any atom is 0.269 e. The highest BCUT2D eigenvalue weighted by molar-refractivity contribution is 7.88. The van der Waals surface area contributed by atoms with E-state index in [9.17, 15) is 18.3 Å². The van der Waals surface area contributed by atoms with E-state index in [4.69, 9.17) is 11.6 Å². The standard InChI is InChI=1S/C17H21ClN6O4S/c1-19-17(26)13-7-11(21-9-22-13)12-5-10(6-15(18)23-12)16-14(8-25)20-3-4-24(16)29(2,27)28/h5-7,9,14,16,20,25H,3-4,8H2,1-2H3,(H,19,26)/t14-,16-/m1/s1. The average Bonchev–Trinajstić information content (AvgIpc) is 2.71. The van der Waals surface area contributed by atoms with Gasteiger partial charge in [0.2, 0.25) is 10.0 Å². The quantitative estimate of drug-likeness (QED) is 0.544. The summed E-state index contributed by atoms with van der Waals surface area (Å²) in [6.45, 7) is 0.408. The predicted molar refractivity (Wildman–Crippen MR) is 107 cm³/mol. The maximum absolute atomic E-state index is 12.3. The van der Waals surface area contributed by atoms with Gasteiger partial charge in [-0.1, -0.05) is 11.6 Å². The second kappa shape index (κ2) is 8.67. The molecule has 2 aromatic rings. The molecule has 1 aliphatic rings. The summed E-state index contributed by atoms with van der Waals surface area (Å²) in [6, 6.07) is 3.49. The summed E-state index contributed by atoms with van der Waals surface area (Å²) in [6.07, 6.45) is 2.37. The third-order valence-corrected chi connectivity index (χ3v) is 6.06. The molecule has 29 heavy (non-hydrogen) atoms. The molecule has 1 fully saturated rings. The molecule has 12 heteroatoms. The molecule has 2 atom stereocenters. The van der Waals surface area contributed by atoms with Crippen LogP contribution >= 0.6 is 11.6 Å². The van der Waals surface area contributed by atoms with Crippen molar-refractivity contribution in [2.24, 2.45) is 0 Å². The number of aromatic nitrogens is 3. The number of pyridine rings is 1. The van der Waals surface area contributed by atoms with Crippen molar-refractivity contribution < 1.29 is 18.3 Å². The fourth-order valence-corrected chi connectivity index (χ4v) is 4.64. The van der Waals surface area contributed by atoms with Crippen LogP contribution in [-0.4, -0.2) is 77.7 Å². The van der Waals surface area contributed by atoms with Gasteiger partial charge in [0, 0.05) is 20.1 Å². The van der Waals surface area contributed by atoms with Crippen LogP contribution < -0.4 is 10.6 Å². The van der Waals surface area contributed by atoms with Crippen molar-refractivity contribution >= 4 is 27.5 Å². The number of hydrogen-bond acceptors (Lipinski definition) is 8. The van der Waals surface area contributed by atoms with Crippen LogP contribution in [0.1, 0.15) is 22.1 Å². The Bertz CT molecular complexity index is 1020. The summed E-state index contributed by atoms with van der Waals surface area (Å²) in [7, 11) is -2.05. The smallest absolute Gasteiger partial charge is 0.269 e. The molecule has 3 N–H and O–H groups in total. The molecule has 1 saturated heterocycles. The Morgan fingerprint density at radius 3 is 2.76 bits per heavy atom. The zero-order valence-corrected chi connectivity index (χ0v) is 17.4. The van der Waals surface area contributed by atoms with Gasteiger partial charge < -0.3 is 15.7 Å². The molecule has 2 aromatic heterocycles. The molecule has 0 bridgehead atoms. The normalized spacial score (nSPS) is 20.4. The lowest BCUT2D eigenvalue weighted by atomic mass is 9.97. The van der Waals surface area contributed by atoms with Crippen molar-refractivity contribution in [3.8, 4) is 11.4 Å². The molecule has 3 heterocycles. The first-order valence-corrected chi connectivity index (χ1v) is 11.0. The zero-order valence-electron chi connectivity index (χ0n) is 15.8. The van der Waals surface area contributed by atoms with Crippen LogP contribution in [0.5, 0.6) is 0 Å². The number of carbonyl (C=O) groups is 1. The van der Waals surface area contributed by atoms with Gasteiger partial charge in [0.1, 0.15) is 17.2 Å². The van der Waals surface area contributed by atoms with Gasteiger partial charge in [-0.3, -0.25) is 4.79 Å². The molecule has 1 aliphatic heterocycles. The van der Waals surface area contributed by atoms with Crippen LogP contribution in [0, 0.1) is 0 Å². The van der Waals surface area contributed by atoms with Crippen LogP contribution in [0.15, 0.2) is 24.5 Å². The lowest BCUT2D eigenvalue weighted by Gasteiger charge is -2.40. The number of nitrogens with one attached hydrogen (secondary N) is 2. The minimum Gasteiger partial charge on any atom is -0.395 e. The summed E-state index contributed by atoms with van der Waals surface area (Å²) in [4.78, 5) is 24.2. The highest BCUT2D eigenvalue weighted by Gasteiger charge is 2.37. The van der Waals surface area contributed by atoms with E-state index in [-0.39, 0.29) is 29.9 Å². The average molecular weight is 441 g/mol. The number of halogens is 1. The second-order valence-corrected chi connectivity index (χ2v) is 8.86. The van der Waals surface area contributed by atoms with Gasteiger partial charge in [-0.25, -0.2) is 23.4 Å². The zero-order chi connectivity index (χ0) is 21.2. The van der Waals surface area contributed by atoms with Gasteiger partial charge in [-0.05, 0) is 23.8 Å². The lowest BCUT2D eigenvalue weighted by Crippen LogP contribution is -2.55. The molecule has 0 aromatic carbocycles. The van der Waals surface area contributed by atoms with E-state index in [0.29, 0.717) is 23.5 Å².